The first kappa shape index (κ1) is 19.1. The Balaban J connectivity index is 1.51. The Hall–Kier alpha value is -3.68. The molecule has 28 heavy (non-hydrogen) atoms. The van der Waals surface area contributed by atoms with Gasteiger partial charge in [0.15, 0.2) is 6.61 Å². The molecule has 8 nitrogen and oxygen atoms in total. The first-order valence-corrected chi connectivity index (χ1v) is 8.81. The van der Waals surface area contributed by atoms with E-state index >= 15 is 0 Å². The van der Waals surface area contributed by atoms with E-state index in [4.69, 9.17) is 4.74 Å². The quantitative estimate of drug-likeness (QED) is 0.626. The zero-order valence-electron chi connectivity index (χ0n) is 15.3. The first-order valence-electron chi connectivity index (χ1n) is 8.81. The first-order chi connectivity index (χ1) is 13.6. The van der Waals surface area contributed by atoms with Gasteiger partial charge in [0.1, 0.15) is 12.3 Å². The SMILES string of the molecule is CCc1ccc(OCC(=O)NNC(=O)Cn2ncc(=O)c3ccccc32)cc1. The summed E-state index contributed by atoms with van der Waals surface area (Å²) in [4.78, 5) is 35.7. The van der Waals surface area contributed by atoms with Crippen molar-refractivity contribution in [3.8, 4) is 5.75 Å². The van der Waals surface area contributed by atoms with Crippen molar-refractivity contribution in [2.24, 2.45) is 0 Å². The molecular formula is C20H20N4O4. The van der Waals surface area contributed by atoms with Crippen LogP contribution in [0.25, 0.3) is 10.9 Å². The second-order valence-corrected chi connectivity index (χ2v) is 6.07. The molecule has 0 saturated carbocycles. The van der Waals surface area contributed by atoms with Crippen molar-refractivity contribution in [2.75, 3.05) is 6.61 Å². The summed E-state index contributed by atoms with van der Waals surface area (Å²) >= 11 is 0. The minimum atomic E-state index is -0.495. The summed E-state index contributed by atoms with van der Waals surface area (Å²) in [5.41, 5.74) is 6.09. The number of carbonyl (C=O) groups is 2. The van der Waals surface area contributed by atoms with E-state index in [1.165, 1.54) is 10.2 Å². The van der Waals surface area contributed by atoms with Gasteiger partial charge in [-0.05, 0) is 36.2 Å². The van der Waals surface area contributed by atoms with Gasteiger partial charge >= 0.3 is 0 Å². The lowest BCUT2D eigenvalue weighted by Crippen LogP contribution is -2.45. The van der Waals surface area contributed by atoms with Gasteiger partial charge in [-0.3, -0.25) is 29.9 Å². The van der Waals surface area contributed by atoms with Crippen LogP contribution in [-0.2, 0) is 22.6 Å². The van der Waals surface area contributed by atoms with Crippen LogP contribution in [0, 0.1) is 0 Å². The summed E-state index contributed by atoms with van der Waals surface area (Å²) < 4.78 is 6.77. The van der Waals surface area contributed by atoms with E-state index in [9.17, 15) is 14.4 Å². The molecule has 1 aromatic heterocycles. The fraction of sp³-hybridized carbons (Fsp3) is 0.200. The molecule has 0 spiro atoms. The number of benzene rings is 2. The van der Waals surface area contributed by atoms with Gasteiger partial charge in [-0.2, -0.15) is 5.10 Å². The van der Waals surface area contributed by atoms with Gasteiger partial charge in [-0.25, -0.2) is 0 Å². The number of para-hydroxylation sites is 1. The zero-order valence-corrected chi connectivity index (χ0v) is 15.3. The molecule has 8 heteroatoms. The number of rotatable bonds is 6. The van der Waals surface area contributed by atoms with Gasteiger partial charge in [-0.15, -0.1) is 0 Å². The summed E-state index contributed by atoms with van der Waals surface area (Å²) in [6.07, 6.45) is 2.08. The lowest BCUT2D eigenvalue weighted by molar-refractivity contribution is -0.130. The number of carbonyl (C=O) groups excluding carboxylic acids is 2. The number of aryl methyl sites for hydroxylation is 1. The van der Waals surface area contributed by atoms with Crippen LogP contribution in [0.1, 0.15) is 12.5 Å². The van der Waals surface area contributed by atoms with Crippen LogP contribution in [0.15, 0.2) is 59.5 Å². The number of ether oxygens (including phenoxy) is 1. The van der Waals surface area contributed by atoms with Gasteiger partial charge in [0, 0.05) is 5.39 Å². The van der Waals surface area contributed by atoms with Crippen LogP contribution in [0.2, 0.25) is 0 Å². The van der Waals surface area contributed by atoms with Crippen LogP contribution in [0.3, 0.4) is 0 Å². The summed E-state index contributed by atoms with van der Waals surface area (Å²) in [5, 5.41) is 4.44. The standard InChI is InChI=1S/C20H20N4O4/c1-2-14-7-9-15(10-8-14)28-13-20(27)23-22-19(26)12-24-17-6-4-3-5-16(17)18(25)11-21-24/h3-11H,2,12-13H2,1H3,(H,22,26)(H,23,27). The Bertz CT molecular complexity index is 1040. The minimum absolute atomic E-state index is 0.152. The summed E-state index contributed by atoms with van der Waals surface area (Å²) in [5.74, 6) is -0.407. The van der Waals surface area contributed by atoms with Crippen LogP contribution in [0.4, 0.5) is 0 Å². The van der Waals surface area contributed by atoms with E-state index in [-0.39, 0.29) is 18.6 Å². The molecule has 1 heterocycles. The molecule has 2 amide bonds. The van der Waals surface area contributed by atoms with E-state index in [0.717, 1.165) is 12.6 Å². The molecule has 3 rings (SSSR count). The maximum Gasteiger partial charge on any atom is 0.276 e. The summed E-state index contributed by atoms with van der Waals surface area (Å²) in [6.45, 7) is 1.67. The normalized spacial score (nSPS) is 10.5. The maximum absolute atomic E-state index is 12.1. The van der Waals surface area contributed by atoms with Gasteiger partial charge < -0.3 is 4.74 Å². The molecule has 0 aliphatic carbocycles. The fourth-order valence-electron chi connectivity index (χ4n) is 2.61. The molecule has 144 valence electrons. The average molecular weight is 380 g/mol. The molecule has 0 fully saturated rings. The molecule has 0 atom stereocenters. The lowest BCUT2D eigenvalue weighted by Gasteiger charge is -2.11. The van der Waals surface area contributed by atoms with Crippen molar-refractivity contribution in [3.05, 3.63) is 70.5 Å². The second-order valence-electron chi connectivity index (χ2n) is 6.07. The number of hydrogen-bond donors (Lipinski definition) is 2. The van der Waals surface area contributed by atoms with Crippen LogP contribution in [0.5, 0.6) is 5.75 Å². The third-order valence-corrected chi connectivity index (χ3v) is 4.10. The van der Waals surface area contributed by atoms with Gasteiger partial charge in [-0.1, -0.05) is 31.2 Å². The van der Waals surface area contributed by atoms with Crippen molar-refractivity contribution in [1.82, 2.24) is 20.6 Å². The number of nitrogens with one attached hydrogen (secondary N) is 2. The lowest BCUT2D eigenvalue weighted by atomic mass is 10.2. The maximum atomic E-state index is 12.1. The third kappa shape index (κ3) is 4.73. The molecule has 3 aromatic rings. The Morgan fingerprint density at radius 3 is 2.50 bits per heavy atom. The zero-order chi connectivity index (χ0) is 19.9. The Kier molecular flexibility index (Phi) is 6.01. The highest BCUT2D eigenvalue weighted by atomic mass is 16.5. The molecule has 0 aliphatic heterocycles. The number of aromatic nitrogens is 2. The number of nitrogens with zero attached hydrogens (tertiary/aromatic N) is 2. The van der Waals surface area contributed by atoms with Gasteiger partial charge in [0.05, 0.1) is 11.7 Å². The third-order valence-electron chi connectivity index (χ3n) is 4.10. The van der Waals surface area contributed by atoms with E-state index in [0.29, 0.717) is 16.7 Å². The monoisotopic (exact) mass is 380 g/mol. The minimum Gasteiger partial charge on any atom is -0.484 e. The van der Waals surface area contributed by atoms with E-state index in [2.05, 4.69) is 22.9 Å². The molecular weight excluding hydrogens is 360 g/mol. The van der Waals surface area contributed by atoms with Crippen molar-refractivity contribution in [3.63, 3.8) is 0 Å². The summed E-state index contributed by atoms with van der Waals surface area (Å²) in [6, 6.07) is 14.3. The number of amides is 2. The van der Waals surface area contributed by atoms with Crippen molar-refractivity contribution in [1.29, 1.82) is 0 Å². The molecule has 0 radical (unpaired) electrons. The predicted molar refractivity (Wildman–Crippen MR) is 104 cm³/mol. The number of fused-ring (bicyclic) bond motifs is 1. The molecule has 0 aliphatic rings. The van der Waals surface area contributed by atoms with Gasteiger partial charge in [0.25, 0.3) is 11.8 Å². The molecule has 0 unspecified atom stereocenters. The highest BCUT2D eigenvalue weighted by molar-refractivity contribution is 5.84. The number of hydrogen-bond acceptors (Lipinski definition) is 5. The van der Waals surface area contributed by atoms with Crippen LogP contribution < -0.4 is 21.0 Å². The van der Waals surface area contributed by atoms with Crippen molar-refractivity contribution < 1.29 is 14.3 Å². The van der Waals surface area contributed by atoms with E-state index in [1.807, 2.05) is 12.1 Å². The largest absolute Gasteiger partial charge is 0.484 e. The Morgan fingerprint density at radius 1 is 1.04 bits per heavy atom. The van der Waals surface area contributed by atoms with Crippen LogP contribution >= 0.6 is 0 Å². The molecule has 0 bridgehead atoms. The highest BCUT2D eigenvalue weighted by Gasteiger charge is 2.09. The summed E-state index contributed by atoms with van der Waals surface area (Å²) in [7, 11) is 0. The van der Waals surface area contributed by atoms with Crippen molar-refractivity contribution in [2.45, 2.75) is 19.9 Å². The highest BCUT2D eigenvalue weighted by Crippen LogP contribution is 2.12. The van der Waals surface area contributed by atoms with Crippen LogP contribution in [-0.4, -0.2) is 28.2 Å². The topological polar surface area (TPSA) is 102 Å². The molecule has 0 saturated heterocycles. The van der Waals surface area contributed by atoms with Gasteiger partial charge in [0.2, 0.25) is 5.43 Å². The number of hydrazine groups is 1. The fourth-order valence-corrected chi connectivity index (χ4v) is 2.61. The van der Waals surface area contributed by atoms with Crippen molar-refractivity contribution >= 4 is 22.7 Å². The average Bonchev–Trinajstić information content (AvgIpc) is 2.73. The molecule has 2 aromatic carbocycles. The van der Waals surface area contributed by atoms with E-state index in [1.54, 1.807) is 36.4 Å². The second kappa shape index (κ2) is 8.81. The Labute approximate surface area is 161 Å². The van der Waals surface area contributed by atoms with E-state index < -0.39 is 11.8 Å². The Morgan fingerprint density at radius 2 is 1.75 bits per heavy atom. The predicted octanol–water partition coefficient (Wildman–Crippen LogP) is 1.19. The molecule has 2 N–H and O–H groups in total. The smallest absolute Gasteiger partial charge is 0.276 e.